The number of benzene rings is 3. The lowest BCUT2D eigenvalue weighted by molar-refractivity contribution is 0.275. The highest BCUT2D eigenvalue weighted by Gasteiger charge is 2.20. The normalized spacial score (nSPS) is 10.8. The number of methoxy groups -OCH3 is 2. The third-order valence-electron chi connectivity index (χ3n) is 6.19. The molecular formula is C32H40N2O4S2. The van der Waals surface area contributed by atoms with Crippen LogP contribution in [0, 0.1) is 11.8 Å². The molecule has 3 aromatic rings. The van der Waals surface area contributed by atoms with Crippen molar-refractivity contribution in [2.45, 2.75) is 40.5 Å². The molecule has 0 radical (unpaired) electrons. The van der Waals surface area contributed by atoms with E-state index in [2.05, 4.69) is 38.3 Å². The van der Waals surface area contributed by atoms with Gasteiger partial charge in [0.05, 0.1) is 49.9 Å². The zero-order chi connectivity index (χ0) is 29.1. The molecule has 0 atom stereocenters. The molecule has 0 bridgehead atoms. The summed E-state index contributed by atoms with van der Waals surface area (Å²) < 4.78 is 23.6. The lowest BCUT2D eigenvalue weighted by Gasteiger charge is -2.21. The van der Waals surface area contributed by atoms with Crippen molar-refractivity contribution in [1.29, 1.82) is 0 Å². The van der Waals surface area contributed by atoms with E-state index in [-0.39, 0.29) is 0 Å². The molecule has 3 aromatic carbocycles. The molecule has 0 saturated carbocycles. The van der Waals surface area contributed by atoms with Crippen LogP contribution in [-0.2, 0) is 0 Å². The van der Waals surface area contributed by atoms with Crippen molar-refractivity contribution in [2.24, 2.45) is 11.8 Å². The summed E-state index contributed by atoms with van der Waals surface area (Å²) in [7, 11) is 3.26. The van der Waals surface area contributed by atoms with Crippen LogP contribution in [0.2, 0.25) is 0 Å². The van der Waals surface area contributed by atoms with Crippen LogP contribution in [0.4, 0.5) is 11.4 Å². The van der Waals surface area contributed by atoms with Crippen molar-refractivity contribution in [3.05, 3.63) is 71.8 Å². The zero-order valence-corrected chi connectivity index (χ0v) is 25.8. The lowest BCUT2D eigenvalue weighted by Crippen LogP contribution is -2.18. The second-order valence-corrected chi connectivity index (χ2v) is 11.0. The molecule has 40 heavy (non-hydrogen) atoms. The molecule has 2 N–H and O–H groups in total. The summed E-state index contributed by atoms with van der Waals surface area (Å²) in [5.41, 5.74) is 2.94. The Balaban J connectivity index is 2.05. The Morgan fingerprint density at radius 3 is 1.40 bits per heavy atom. The number of nitrogens with one attached hydrogen (secondary N) is 2. The molecule has 0 heterocycles. The largest absolute Gasteiger partial charge is 0.495 e. The van der Waals surface area contributed by atoms with Crippen molar-refractivity contribution in [3.8, 4) is 23.0 Å². The van der Waals surface area contributed by atoms with E-state index >= 15 is 0 Å². The minimum absolute atomic E-state index is 0.485. The van der Waals surface area contributed by atoms with Gasteiger partial charge in [0.15, 0.2) is 0 Å². The SMILES string of the molecule is COc1ccccc1NC(=S)c1cc(C(=S)Nc2ccccc2OC)c(OCCC(C)C)cc1OCCC(C)C. The Morgan fingerprint density at radius 2 is 1.02 bits per heavy atom. The molecule has 0 aliphatic carbocycles. The van der Waals surface area contributed by atoms with E-state index in [1.54, 1.807) is 14.2 Å². The Morgan fingerprint density at radius 1 is 0.625 bits per heavy atom. The van der Waals surface area contributed by atoms with E-state index in [0.29, 0.717) is 69.2 Å². The first-order valence-corrected chi connectivity index (χ1v) is 14.4. The van der Waals surface area contributed by atoms with Crippen LogP contribution >= 0.6 is 24.4 Å². The van der Waals surface area contributed by atoms with Gasteiger partial charge in [-0.15, -0.1) is 0 Å². The molecule has 0 saturated heterocycles. The summed E-state index contributed by atoms with van der Waals surface area (Å²) in [5, 5.41) is 6.66. The molecule has 0 unspecified atom stereocenters. The minimum atomic E-state index is 0.485. The van der Waals surface area contributed by atoms with E-state index in [1.807, 2.05) is 60.7 Å². The second kappa shape index (κ2) is 15.4. The highest BCUT2D eigenvalue weighted by Crippen LogP contribution is 2.34. The Kier molecular flexibility index (Phi) is 12.0. The van der Waals surface area contributed by atoms with Gasteiger partial charge in [0.1, 0.15) is 33.0 Å². The molecule has 0 aliphatic rings. The Bertz CT molecular complexity index is 1200. The average molecular weight is 581 g/mol. The van der Waals surface area contributed by atoms with E-state index in [4.69, 9.17) is 43.4 Å². The third-order valence-corrected chi connectivity index (χ3v) is 6.83. The number of anilines is 2. The summed E-state index contributed by atoms with van der Waals surface area (Å²) in [6, 6.07) is 19.1. The zero-order valence-electron chi connectivity index (χ0n) is 24.2. The number of thiocarbonyl (C=S) groups is 2. The van der Waals surface area contributed by atoms with Crippen molar-refractivity contribution in [3.63, 3.8) is 0 Å². The maximum absolute atomic E-state index is 6.30. The molecule has 0 aliphatic heterocycles. The fourth-order valence-corrected chi connectivity index (χ4v) is 4.38. The quantitative estimate of drug-likeness (QED) is 0.185. The van der Waals surface area contributed by atoms with Crippen LogP contribution < -0.4 is 29.6 Å². The number of para-hydroxylation sites is 4. The highest BCUT2D eigenvalue weighted by atomic mass is 32.1. The smallest absolute Gasteiger partial charge is 0.142 e. The van der Waals surface area contributed by atoms with Gasteiger partial charge in [0.2, 0.25) is 0 Å². The van der Waals surface area contributed by atoms with Crippen molar-refractivity contribution >= 4 is 45.8 Å². The fraction of sp³-hybridized carbons (Fsp3) is 0.375. The van der Waals surface area contributed by atoms with Crippen molar-refractivity contribution < 1.29 is 18.9 Å². The van der Waals surface area contributed by atoms with Crippen molar-refractivity contribution in [2.75, 3.05) is 38.1 Å². The van der Waals surface area contributed by atoms with Gasteiger partial charge in [-0.2, -0.15) is 0 Å². The maximum Gasteiger partial charge on any atom is 0.142 e. The van der Waals surface area contributed by atoms with Gasteiger partial charge in [0.25, 0.3) is 0 Å². The summed E-state index contributed by atoms with van der Waals surface area (Å²) >= 11 is 11.8. The fourth-order valence-electron chi connectivity index (χ4n) is 3.84. The monoisotopic (exact) mass is 580 g/mol. The van der Waals surface area contributed by atoms with E-state index < -0.39 is 0 Å². The molecule has 6 nitrogen and oxygen atoms in total. The van der Waals surface area contributed by atoms with Gasteiger partial charge >= 0.3 is 0 Å². The predicted octanol–water partition coefficient (Wildman–Crippen LogP) is 8.13. The van der Waals surface area contributed by atoms with E-state index in [9.17, 15) is 0 Å². The standard InChI is InChI=1S/C32H40N2O4S2/c1-21(2)15-17-37-29-20-30(38-18-16-22(3)4)24(32(40)34-26-12-8-10-14-28(26)36-6)19-23(29)31(39)33-25-11-7-9-13-27(25)35-5/h7-14,19-22H,15-18H2,1-6H3,(H,33,39)(H,34,40). The summed E-state index contributed by atoms with van der Waals surface area (Å²) in [6.45, 7) is 9.79. The van der Waals surface area contributed by atoms with Gasteiger partial charge in [0, 0.05) is 6.07 Å². The first kappa shape index (κ1) is 31.2. The average Bonchev–Trinajstić information content (AvgIpc) is 2.93. The van der Waals surface area contributed by atoms with Gasteiger partial charge < -0.3 is 29.6 Å². The number of rotatable bonds is 14. The third kappa shape index (κ3) is 8.83. The van der Waals surface area contributed by atoms with Gasteiger partial charge in [-0.1, -0.05) is 76.4 Å². The molecule has 0 spiro atoms. The first-order valence-electron chi connectivity index (χ1n) is 13.6. The van der Waals surface area contributed by atoms with Gasteiger partial charge in [-0.05, 0) is 55.0 Å². The second-order valence-electron chi connectivity index (χ2n) is 10.2. The molecule has 214 valence electrons. The number of ether oxygens (including phenoxy) is 4. The lowest BCUT2D eigenvalue weighted by atomic mass is 10.1. The van der Waals surface area contributed by atoms with Crippen molar-refractivity contribution in [1.82, 2.24) is 0 Å². The van der Waals surface area contributed by atoms with Crippen LogP contribution in [0.15, 0.2) is 60.7 Å². The Labute approximate surface area is 249 Å². The van der Waals surface area contributed by atoms with E-state index in [1.165, 1.54) is 0 Å². The van der Waals surface area contributed by atoms with Crippen LogP contribution in [0.5, 0.6) is 23.0 Å². The highest BCUT2D eigenvalue weighted by molar-refractivity contribution is 7.81. The van der Waals surface area contributed by atoms with Gasteiger partial charge in [-0.3, -0.25) is 0 Å². The maximum atomic E-state index is 6.30. The van der Waals surface area contributed by atoms with E-state index in [0.717, 1.165) is 24.2 Å². The van der Waals surface area contributed by atoms with Crippen LogP contribution in [-0.4, -0.2) is 37.4 Å². The minimum Gasteiger partial charge on any atom is -0.495 e. The molecule has 0 fully saturated rings. The van der Waals surface area contributed by atoms with Crippen LogP contribution in [0.1, 0.15) is 51.7 Å². The molecule has 0 aromatic heterocycles. The summed E-state index contributed by atoms with van der Waals surface area (Å²) in [4.78, 5) is 0.971. The van der Waals surface area contributed by atoms with Crippen LogP contribution in [0.3, 0.4) is 0 Å². The van der Waals surface area contributed by atoms with Crippen LogP contribution in [0.25, 0.3) is 0 Å². The number of hydrogen-bond acceptors (Lipinski definition) is 6. The molecule has 3 rings (SSSR count). The predicted molar refractivity (Wildman–Crippen MR) is 173 cm³/mol. The number of hydrogen-bond donors (Lipinski definition) is 2. The molecule has 8 heteroatoms. The summed E-state index contributed by atoms with van der Waals surface area (Å²) in [5.74, 6) is 3.65. The topological polar surface area (TPSA) is 61.0 Å². The first-order chi connectivity index (χ1) is 19.2. The van der Waals surface area contributed by atoms with Gasteiger partial charge in [-0.25, -0.2) is 0 Å². The summed E-state index contributed by atoms with van der Waals surface area (Å²) in [6.07, 6.45) is 1.82. The molecule has 0 amide bonds. The Hall–Kier alpha value is -3.36. The molecular weight excluding hydrogens is 540 g/mol.